The van der Waals surface area contributed by atoms with Crippen LogP contribution in [-0.4, -0.2) is 33.1 Å². The van der Waals surface area contributed by atoms with E-state index in [4.69, 9.17) is 0 Å². The van der Waals surface area contributed by atoms with E-state index >= 15 is 0 Å². The van der Waals surface area contributed by atoms with Gasteiger partial charge in [0.2, 0.25) is 5.13 Å². The first-order valence-corrected chi connectivity index (χ1v) is 8.62. The molecule has 10 nitrogen and oxygen atoms in total. The average molecular weight is 396 g/mol. The molecule has 3 aromatic rings. The van der Waals surface area contributed by atoms with E-state index in [2.05, 4.69) is 26.0 Å². The monoisotopic (exact) mass is 396 g/mol. The van der Waals surface area contributed by atoms with E-state index < -0.39 is 16.7 Å². The Morgan fingerprint density at radius 2 is 1.75 bits per heavy atom. The second kappa shape index (κ2) is 8.60. The van der Waals surface area contributed by atoms with Crippen LogP contribution < -0.4 is 10.7 Å². The highest BCUT2D eigenvalue weighted by Gasteiger charge is 2.16. The summed E-state index contributed by atoms with van der Waals surface area (Å²) < 4.78 is 0. The molecule has 2 aromatic carbocycles. The molecule has 0 radical (unpaired) electrons. The number of benzene rings is 2. The van der Waals surface area contributed by atoms with Crippen molar-refractivity contribution in [3.05, 3.63) is 70.3 Å². The van der Waals surface area contributed by atoms with Crippen molar-refractivity contribution in [2.75, 3.05) is 5.32 Å². The van der Waals surface area contributed by atoms with Crippen LogP contribution in [0.1, 0.15) is 5.56 Å². The third kappa shape index (κ3) is 4.80. The minimum atomic E-state index is -0.991. The molecule has 2 amide bonds. The summed E-state index contributed by atoms with van der Waals surface area (Å²) in [6.45, 7) is 0. The molecule has 0 saturated heterocycles. The van der Waals surface area contributed by atoms with E-state index in [0.29, 0.717) is 10.6 Å². The zero-order chi connectivity index (χ0) is 19.9. The molecule has 1 aromatic heterocycles. The molecule has 2 N–H and O–H groups in total. The second-order valence-electron chi connectivity index (χ2n) is 5.28. The van der Waals surface area contributed by atoms with E-state index in [1.165, 1.54) is 30.5 Å². The Labute approximate surface area is 162 Å². The van der Waals surface area contributed by atoms with Crippen LogP contribution in [0, 0.1) is 10.1 Å². The lowest BCUT2D eigenvalue weighted by atomic mass is 10.2. The molecule has 0 unspecified atom stereocenters. The highest BCUT2D eigenvalue weighted by Crippen LogP contribution is 2.25. The molecule has 28 heavy (non-hydrogen) atoms. The number of nitro groups is 1. The van der Waals surface area contributed by atoms with Gasteiger partial charge in [0.25, 0.3) is 5.69 Å². The van der Waals surface area contributed by atoms with Crippen LogP contribution in [0.25, 0.3) is 10.6 Å². The third-order valence-corrected chi connectivity index (χ3v) is 4.24. The molecule has 0 aliphatic rings. The van der Waals surface area contributed by atoms with E-state index in [9.17, 15) is 19.7 Å². The molecule has 0 spiro atoms. The molecule has 1 heterocycles. The Bertz CT molecular complexity index is 1030. The Hall–Kier alpha value is -3.99. The number of hydrazone groups is 1. The number of nitrogens with zero attached hydrogens (tertiary/aromatic N) is 4. The molecule has 0 atom stereocenters. The Kier molecular flexibility index (Phi) is 5.77. The second-order valence-corrected chi connectivity index (χ2v) is 6.26. The summed E-state index contributed by atoms with van der Waals surface area (Å²) >= 11 is 1.13. The topological polar surface area (TPSA) is 139 Å². The fourth-order valence-corrected chi connectivity index (χ4v) is 2.77. The SMILES string of the molecule is O=C(NN=Cc1ccc([N+](=O)[O-])cc1)C(=O)Nc1nnc(-c2ccccc2)s1. The minimum absolute atomic E-state index is 0.0625. The smallest absolute Gasteiger partial charge is 0.292 e. The van der Waals surface area contributed by atoms with Gasteiger partial charge in [-0.1, -0.05) is 41.7 Å². The predicted molar refractivity (Wildman–Crippen MR) is 103 cm³/mol. The molecular formula is C17H12N6O4S. The van der Waals surface area contributed by atoms with Gasteiger partial charge in [0, 0.05) is 17.7 Å². The van der Waals surface area contributed by atoms with Crippen molar-refractivity contribution in [2.45, 2.75) is 0 Å². The van der Waals surface area contributed by atoms with Gasteiger partial charge in [-0.15, -0.1) is 10.2 Å². The first-order chi connectivity index (χ1) is 13.5. The van der Waals surface area contributed by atoms with Gasteiger partial charge < -0.3 is 0 Å². The van der Waals surface area contributed by atoms with Gasteiger partial charge in [-0.3, -0.25) is 25.0 Å². The van der Waals surface area contributed by atoms with Gasteiger partial charge in [-0.2, -0.15) is 5.10 Å². The van der Waals surface area contributed by atoms with Crippen molar-refractivity contribution < 1.29 is 14.5 Å². The van der Waals surface area contributed by atoms with Crippen molar-refractivity contribution in [1.82, 2.24) is 15.6 Å². The lowest BCUT2D eigenvalue weighted by molar-refractivity contribution is -0.384. The van der Waals surface area contributed by atoms with Crippen molar-refractivity contribution in [3.8, 4) is 10.6 Å². The number of nitrogens with one attached hydrogen (secondary N) is 2. The van der Waals surface area contributed by atoms with Gasteiger partial charge in [0.05, 0.1) is 11.1 Å². The van der Waals surface area contributed by atoms with Gasteiger partial charge in [-0.25, -0.2) is 5.43 Å². The number of carbonyl (C=O) groups excluding carboxylic acids is 2. The molecule has 140 valence electrons. The number of non-ortho nitro benzene ring substituents is 1. The summed E-state index contributed by atoms with van der Waals surface area (Å²) in [6.07, 6.45) is 1.26. The Morgan fingerprint density at radius 3 is 2.43 bits per heavy atom. The molecule has 11 heteroatoms. The molecule has 0 aliphatic heterocycles. The van der Waals surface area contributed by atoms with Gasteiger partial charge in [0.1, 0.15) is 5.01 Å². The third-order valence-electron chi connectivity index (χ3n) is 3.36. The van der Waals surface area contributed by atoms with Crippen LogP contribution in [-0.2, 0) is 9.59 Å². The van der Waals surface area contributed by atoms with E-state index in [0.717, 1.165) is 16.9 Å². The van der Waals surface area contributed by atoms with Crippen LogP contribution >= 0.6 is 11.3 Å². The molecule has 0 bridgehead atoms. The normalized spacial score (nSPS) is 10.6. The van der Waals surface area contributed by atoms with Crippen LogP contribution in [0.5, 0.6) is 0 Å². The summed E-state index contributed by atoms with van der Waals surface area (Å²) in [5.41, 5.74) is 3.37. The Balaban J connectivity index is 1.54. The van der Waals surface area contributed by atoms with Crippen LogP contribution in [0.3, 0.4) is 0 Å². The van der Waals surface area contributed by atoms with Crippen molar-refractivity contribution in [3.63, 3.8) is 0 Å². The molecule has 3 rings (SSSR count). The van der Waals surface area contributed by atoms with Crippen molar-refractivity contribution in [1.29, 1.82) is 0 Å². The first kappa shape index (κ1) is 18.8. The average Bonchev–Trinajstić information content (AvgIpc) is 3.17. The summed E-state index contributed by atoms with van der Waals surface area (Å²) in [5, 5.41) is 25.1. The lowest BCUT2D eigenvalue weighted by Gasteiger charge is -1.99. The number of rotatable bonds is 5. The minimum Gasteiger partial charge on any atom is -0.292 e. The standard InChI is InChI=1S/C17H12N6O4S/c24-14(19-17-22-21-16(28-17)12-4-2-1-3-5-12)15(25)20-18-10-11-6-8-13(9-7-11)23(26)27/h1-10H,(H,20,25)(H,19,22,24). The zero-order valence-corrected chi connectivity index (χ0v) is 14.9. The molecule has 0 aliphatic carbocycles. The van der Waals surface area contributed by atoms with Crippen LogP contribution in [0.2, 0.25) is 0 Å². The van der Waals surface area contributed by atoms with Gasteiger partial charge >= 0.3 is 11.8 Å². The van der Waals surface area contributed by atoms with Gasteiger partial charge in [-0.05, 0) is 17.7 Å². The van der Waals surface area contributed by atoms with E-state index in [1.807, 2.05) is 30.3 Å². The summed E-state index contributed by atoms with van der Waals surface area (Å²) in [5.74, 6) is -1.94. The highest BCUT2D eigenvalue weighted by atomic mass is 32.1. The highest BCUT2D eigenvalue weighted by molar-refractivity contribution is 7.18. The summed E-state index contributed by atoms with van der Waals surface area (Å²) in [4.78, 5) is 33.7. The number of nitro benzene ring substituents is 1. The summed E-state index contributed by atoms with van der Waals surface area (Å²) in [7, 11) is 0. The van der Waals surface area contributed by atoms with E-state index in [1.54, 1.807) is 0 Å². The van der Waals surface area contributed by atoms with Crippen molar-refractivity contribution in [2.24, 2.45) is 5.10 Å². The lowest BCUT2D eigenvalue weighted by Crippen LogP contribution is -2.32. The molecular weight excluding hydrogens is 384 g/mol. The maximum absolute atomic E-state index is 11.9. The van der Waals surface area contributed by atoms with Crippen LogP contribution in [0.15, 0.2) is 59.7 Å². The first-order valence-electron chi connectivity index (χ1n) is 7.80. The fourth-order valence-electron chi connectivity index (χ4n) is 2.02. The maximum atomic E-state index is 11.9. The molecule has 0 fully saturated rings. The predicted octanol–water partition coefficient (Wildman–Crippen LogP) is 2.20. The number of hydrogen-bond donors (Lipinski definition) is 2. The van der Waals surface area contributed by atoms with Gasteiger partial charge in [0.15, 0.2) is 0 Å². The fraction of sp³-hybridized carbons (Fsp3) is 0. The number of carbonyl (C=O) groups is 2. The zero-order valence-electron chi connectivity index (χ0n) is 14.1. The van der Waals surface area contributed by atoms with Crippen molar-refractivity contribution >= 4 is 40.2 Å². The summed E-state index contributed by atoms with van der Waals surface area (Å²) in [6, 6.07) is 14.8. The number of aromatic nitrogens is 2. The largest absolute Gasteiger partial charge is 0.329 e. The number of anilines is 1. The quantitative estimate of drug-likeness (QED) is 0.293. The maximum Gasteiger partial charge on any atom is 0.329 e. The number of hydrogen-bond acceptors (Lipinski definition) is 8. The number of amides is 2. The van der Waals surface area contributed by atoms with E-state index in [-0.39, 0.29) is 10.8 Å². The molecule has 0 saturated carbocycles. The van der Waals surface area contributed by atoms with Crippen LogP contribution in [0.4, 0.5) is 10.8 Å². The Morgan fingerprint density at radius 1 is 1.04 bits per heavy atom.